The van der Waals surface area contributed by atoms with E-state index in [1.807, 2.05) is 18.2 Å². The second kappa shape index (κ2) is 6.26. The van der Waals surface area contributed by atoms with Crippen molar-refractivity contribution in [3.8, 4) is 22.6 Å². The molecule has 0 aliphatic carbocycles. The first kappa shape index (κ1) is 18.1. The number of ether oxygens (including phenoxy) is 1. The SMILES string of the molecule is CC1=CC(C)(C)Nc2ccc3c(c21)C(c1ccccn1)Oc1ccc(O)c(Cl)c1-3. The average Bonchev–Trinajstić information content (AvgIpc) is 2.69. The molecule has 0 saturated heterocycles. The second-order valence-electron chi connectivity index (χ2n) is 8.15. The number of hydrogen-bond donors (Lipinski definition) is 2. The van der Waals surface area contributed by atoms with Crippen LogP contribution in [0.2, 0.25) is 5.02 Å². The summed E-state index contributed by atoms with van der Waals surface area (Å²) >= 11 is 6.52. The Balaban J connectivity index is 1.85. The van der Waals surface area contributed by atoms with Crippen molar-refractivity contribution in [3.05, 3.63) is 76.6 Å². The van der Waals surface area contributed by atoms with E-state index in [0.29, 0.717) is 16.3 Å². The molecule has 1 atom stereocenters. The lowest BCUT2D eigenvalue weighted by molar-refractivity contribution is 0.238. The van der Waals surface area contributed by atoms with Gasteiger partial charge >= 0.3 is 0 Å². The van der Waals surface area contributed by atoms with E-state index in [9.17, 15) is 5.11 Å². The first-order chi connectivity index (χ1) is 13.9. The second-order valence-corrected chi connectivity index (χ2v) is 8.53. The molecular weight excluding hydrogens is 384 g/mol. The van der Waals surface area contributed by atoms with Crippen molar-refractivity contribution in [3.63, 3.8) is 0 Å². The molecule has 1 aromatic heterocycles. The molecule has 2 aromatic carbocycles. The molecule has 0 radical (unpaired) electrons. The van der Waals surface area contributed by atoms with Gasteiger partial charge in [0.15, 0.2) is 6.10 Å². The van der Waals surface area contributed by atoms with E-state index < -0.39 is 0 Å². The number of benzene rings is 2. The van der Waals surface area contributed by atoms with Crippen LogP contribution in [0.3, 0.4) is 0 Å². The molecule has 29 heavy (non-hydrogen) atoms. The zero-order valence-corrected chi connectivity index (χ0v) is 17.2. The molecule has 2 N–H and O–H groups in total. The van der Waals surface area contributed by atoms with E-state index in [1.54, 1.807) is 18.3 Å². The van der Waals surface area contributed by atoms with Gasteiger partial charge in [-0.25, -0.2) is 0 Å². The molecule has 4 nitrogen and oxygen atoms in total. The minimum atomic E-state index is -0.374. The molecule has 1 unspecified atom stereocenters. The maximum absolute atomic E-state index is 10.2. The predicted molar refractivity (Wildman–Crippen MR) is 117 cm³/mol. The zero-order valence-electron chi connectivity index (χ0n) is 16.5. The fraction of sp³-hybridized carbons (Fsp3) is 0.208. The lowest BCUT2D eigenvalue weighted by Crippen LogP contribution is -2.32. The number of phenols is 1. The van der Waals surface area contributed by atoms with Crippen molar-refractivity contribution in [1.82, 2.24) is 4.98 Å². The van der Waals surface area contributed by atoms with E-state index in [0.717, 1.165) is 28.1 Å². The fourth-order valence-corrected chi connectivity index (χ4v) is 4.72. The Morgan fingerprint density at radius 3 is 2.69 bits per heavy atom. The third-order valence-electron chi connectivity index (χ3n) is 5.49. The van der Waals surface area contributed by atoms with Crippen LogP contribution >= 0.6 is 11.6 Å². The molecule has 0 bridgehead atoms. The molecule has 5 rings (SSSR count). The van der Waals surface area contributed by atoms with E-state index in [1.165, 1.54) is 5.57 Å². The van der Waals surface area contributed by atoms with Gasteiger partial charge in [-0.05, 0) is 62.2 Å². The maximum Gasteiger partial charge on any atom is 0.167 e. The summed E-state index contributed by atoms with van der Waals surface area (Å²) in [6.45, 7) is 6.42. The number of nitrogens with zero attached hydrogens (tertiary/aromatic N) is 1. The summed E-state index contributed by atoms with van der Waals surface area (Å²) in [7, 11) is 0. The normalized spacial score (nSPS) is 18.5. The number of phenolic OH excluding ortho intramolecular Hbond substituents is 1. The van der Waals surface area contributed by atoms with Gasteiger partial charge in [0.25, 0.3) is 0 Å². The van der Waals surface area contributed by atoms with E-state index in [4.69, 9.17) is 16.3 Å². The summed E-state index contributed by atoms with van der Waals surface area (Å²) in [4.78, 5) is 4.57. The highest BCUT2D eigenvalue weighted by Crippen LogP contribution is 2.53. The summed E-state index contributed by atoms with van der Waals surface area (Å²) < 4.78 is 6.43. The third kappa shape index (κ3) is 2.78. The topological polar surface area (TPSA) is 54.4 Å². The number of allylic oxidation sites excluding steroid dienone is 1. The Bertz CT molecular complexity index is 1170. The minimum absolute atomic E-state index is 0.0421. The minimum Gasteiger partial charge on any atom is -0.506 e. The molecule has 0 fully saturated rings. The molecule has 2 aliphatic heterocycles. The largest absolute Gasteiger partial charge is 0.506 e. The summed E-state index contributed by atoms with van der Waals surface area (Å²) in [6.07, 6.45) is 3.63. The predicted octanol–water partition coefficient (Wildman–Crippen LogP) is 6.20. The lowest BCUT2D eigenvalue weighted by Gasteiger charge is -2.37. The Labute approximate surface area is 174 Å². The van der Waals surface area contributed by atoms with Gasteiger partial charge in [0.2, 0.25) is 0 Å². The number of aromatic hydroxyl groups is 1. The summed E-state index contributed by atoms with van der Waals surface area (Å²) in [5, 5.41) is 14.1. The van der Waals surface area contributed by atoms with E-state index in [2.05, 4.69) is 49.3 Å². The van der Waals surface area contributed by atoms with Crippen molar-refractivity contribution in [1.29, 1.82) is 0 Å². The van der Waals surface area contributed by atoms with Crippen molar-refractivity contribution >= 4 is 22.9 Å². The van der Waals surface area contributed by atoms with Crippen LogP contribution in [0.4, 0.5) is 5.69 Å². The number of hydrogen-bond acceptors (Lipinski definition) is 4. The molecule has 0 saturated carbocycles. The number of rotatable bonds is 1. The van der Waals surface area contributed by atoms with E-state index in [-0.39, 0.29) is 17.4 Å². The number of nitrogens with one attached hydrogen (secondary N) is 1. The average molecular weight is 405 g/mol. The number of fused-ring (bicyclic) bond motifs is 5. The fourth-order valence-electron chi connectivity index (χ4n) is 4.46. The van der Waals surface area contributed by atoms with Crippen LogP contribution in [0.25, 0.3) is 16.7 Å². The van der Waals surface area contributed by atoms with Crippen LogP contribution in [-0.4, -0.2) is 15.6 Å². The van der Waals surface area contributed by atoms with Crippen LogP contribution < -0.4 is 10.1 Å². The molecule has 0 amide bonds. The van der Waals surface area contributed by atoms with Crippen LogP contribution in [0.1, 0.15) is 43.7 Å². The first-order valence-electron chi connectivity index (χ1n) is 9.60. The van der Waals surface area contributed by atoms with Gasteiger partial charge in [0.1, 0.15) is 11.5 Å². The molecule has 5 heteroatoms. The highest BCUT2D eigenvalue weighted by atomic mass is 35.5. The summed E-state index contributed by atoms with van der Waals surface area (Å²) in [6, 6.07) is 13.3. The molecular formula is C24H21ClN2O2. The summed E-state index contributed by atoms with van der Waals surface area (Å²) in [5.41, 5.74) is 6.69. The smallest absolute Gasteiger partial charge is 0.167 e. The molecule has 0 spiro atoms. The quantitative estimate of drug-likeness (QED) is 0.507. The van der Waals surface area contributed by atoms with Gasteiger partial charge in [-0.2, -0.15) is 0 Å². The van der Waals surface area contributed by atoms with Gasteiger partial charge in [0.05, 0.1) is 16.3 Å². The van der Waals surface area contributed by atoms with Crippen LogP contribution in [0.5, 0.6) is 11.5 Å². The standard InChI is InChI=1S/C24H21ClN2O2/c1-13-12-24(2,3)27-15-8-7-14-20-18(10-9-17(28)22(20)25)29-23(21(14)19(13)15)16-6-4-5-11-26-16/h4-12,23,27-28H,1-3H3. The van der Waals surface area contributed by atoms with Crippen molar-refractivity contribution in [2.45, 2.75) is 32.4 Å². The highest BCUT2D eigenvalue weighted by molar-refractivity contribution is 6.35. The third-order valence-corrected chi connectivity index (χ3v) is 5.87. The monoisotopic (exact) mass is 404 g/mol. The molecule has 146 valence electrons. The Morgan fingerprint density at radius 2 is 1.93 bits per heavy atom. The number of anilines is 1. The molecule has 2 aliphatic rings. The van der Waals surface area contributed by atoms with Gasteiger partial charge < -0.3 is 15.2 Å². The lowest BCUT2D eigenvalue weighted by atomic mass is 9.81. The van der Waals surface area contributed by atoms with Gasteiger partial charge in [-0.1, -0.05) is 29.8 Å². The Hall–Kier alpha value is -2.98. The number of aromatic nitrogens is 1. The van der Waals surface area contributed by atoms with Crippen LogP contribution in [-0.2, 0) is 0 Å². The van der Waals surface area contributed by atoms with Crippen molar-refractivity contribution in [2.24, 2.45) is 0 Å². The Kier molecular flexibility index (Phi) is 3.90. The summed E-state index contributed by atoms with van der Waals surface area (Å²) in [5.74, 6) is 0.683. The van der Waals surface area contributed by atoms with Crippen LogP contribution in [0.15, 0.2) is 54.7 Å². The molecule has 3 heterocycles. The van der Waals surface area contributed by atoms with Gasteiger partial charge in [-0.3, -0.25) is 4.98 Å². The van der Waals surface area contributed by atoms with Crippen LogP contribution in [0, 0.1) is 0 Å². The van der Waals surface area contributed by atoms with Gasteiger partial charge in [-0.15, -0.1) is 0 Å². The number of pyridine rings is 1. The zero-order chi connectivity index (χ0) is 20.3. The number of halogens is 1. The van der Waals surface area contributed by atoms with Crippen molar-refractivity contribution < 1.29 is 9.84 Å². The molecule has 3 aromatic rings. The van der Waals surface area contributed by atoms with Crippen molar-refractivity contribution in [2.75, 3.05) is 5.32 Å². The first-order valence-corrected chi connectivity index (χ1v) is 9.98. The highest BCUT2D eigenvalue weighted by Gasteiger charge is 2.36. The maximum atomic E-state index is 10.2. The van der Waals surface area contributed by atoms with E-state index >= 15 is 0 Å². The van der Waals surface area contributed by atoms with Gasteiger partial charge in [0, 0.05) is 28.6 Å². The Morgan fingerprint density at radius 1 is 1.10 bits per heavy atom.